The summed E-state index contributed by atoms with van der Waals surface area (Å²) in [7, 11) is 0. The molecule has 1 heterocycles. The van der Waals surface area contributed by atoms with Crippen LogP contribution in [0.1, 0.15) is 31.2 Å². The highest BCUT2D eigenvalue weighted by atomic mass is 32.2. The van der Waals surface area contributed by atoms with Crippen molar-refractivity contribution in [3.63, 3.8) is 0 Å². The number of fused-ring (bicyclic) bond motifs is 1. The van der Waals surface area contributed by atoms with Crippen molar-refractivity contribution in [3.05, 3.63) is 36.0 Å². The molecule has 3 amide bonds. The predicted octanol–water partition coefficient (Wildman–Crippen LogP) is 0.137. The Labute approximate surface area is 254 Å². The lowest BCUT2D eigenvalue weighted by molar-refractivity contribution is -0.142. The summed E-state index contributed by atoms with van der Waals surface area (Å²) in [6.07, 6.45) is 6.75. The number of H-pyrrole nitrogens is 1. The van der Waals surface area contributed by atoms with E-state index in [1.807, 2.05) is 36.8 Å². The molecule has 13 nitrogen and oxygen atoms in total. The Hall–Kier alpha value is -3.43. The molecule has 2 rings (SSSR count). The molecule has 0 spiro atoms. The maximum absolute atomic E-state index is 13.7. The number of aliphatic imine (C=N–C) groups is 1. The fourth-order valence-electron chi connectivity index (χ4n) is 4.19. The van der Waals surface area contributed by atoms with Gasteiger partial charge < -0.3 is 43.2 Å². The van der Waals surface area contributed by atoms with Crippen LogP contribution in [0.4, 0.5) is 0 Å². The van der Waals surface area contributed by atoms with E-state index in [0.717, 1.165) is 16.5 Å². The molecule has 15 heteroatoms. The summed E-state index contributed by atoms with van der Waals surface area (Å²) in [5.41, 5.74) is 18.5. The number of aromatic amines is 1. The highest BCUT2D eigenvalue weighted by Crippen LogP contribution is 2.19. The maximum atomic E-state index is 13.7. The molecule has 0 saturated carbocycles. The zero-order chi connectivity index (χ0) is 31.1. The number of hydrogen-bond acceptors (Lipinski definition) is 8. The average molecular weight is 623 g/mol. The Kier molecular flexibility index (Phi) is 15.1. The normalized spacial score (nSPS) is 13.9. The van der Waals surface area contributed by atoms with Gasteiger partial charge in [0.25, 0.3) is 0 Å². The van der Waals surface area contributed by atoms with E-state index in [4.69, 9.17) is 17.2 Å². The lowest BCUT2D eigenvalue weighted by Gasteiger charge is -2.25. The number of carbonyl (C=O) groups is 4. The van der Waals surface area contributed by atoms with Gasteiger partial charge in [-0.3, -0.25) is 19.4 Å². The molecule has 1 aromatic carbocycles. The molecule has 0 aliphatic carbocycles. The molecule has 0 fully saturated rings. The SMILES string of the molecule is CSCCC(N)C(=O)NC(Cc1c[nH]c2ccccc12)C(=O)NC(CCCN=C(N)N)C(=O)NC(CCSC)C(=O)O. The molecule has 42 heavy (non-hydrogen) atoms. The van der Waals surface area contributed by atoms with E-state index in [1.54, 1.807) is 18.0 Å². The molecule has 0 radical (unpaired) electrons. The van der Waals surface area contributed by atoms with E-state index >= 15 is 0 Å². The number of carboxylic acids is 1. The molecule has 11 N–H and O–H groups in total. The lowest BCUT2D eigenvalue weighted by Crippen LogP contribution is -2.57. The number of benzene rings is 1. The Morgan fingerprint density at radius 3 is 2.19 bits per heavy atom. The van der Waals surface area contributed by atoms with Crippen molar-refractivity contribution < 1.29 is 24.3 Å². The topological polar surface area (TPSA) is 231 Å². The number of hydrogen-bond donors (Lipinski definition) is 8. The predicted molar refractivity (Wildman–Crippen MR) is 169 cm³/mol. The van der Waals surface area contributed by atoms with Gasteiger partial charge in [-0.05, 0) is 61.3 Å². The highest BCUT2D eigenvalue weighted by Gasteiger charge is 2.30. The number of aromatic nitrogens is 1. The zero-order valence-corrected chi connectivity index (χ0v) is 25.6. The molecular formula is C27H42N8O5S2. The fraction of sp³-hybridized carbons (Fsp3) is 0.519. The van der Waals surface area contributed by atoms with E-state index in [-0.39, 0.29) is 31.8 Å². The summed E-state index contributed by atoms with van der Waals surface area (Å²) >= 11 is 3.01. The van der Waals surface area contributed by atoms with Gasteiger partial charge in [-0.25, -0.2) is 4.79 Å². The van der Waals surface area contributed by atoms with Crippen molar-refractivity contribution in [3.8, 4) is 0 Å². The highest BCUT2D eigenvalue weighted by molar-refractivity contribution is 7.98. The Morgan fingerprint density at radius 2 is 1.52 bits per heavy atom. The van der Waals surface area contributed by atoms with Crippen LogP contribution in [0, 0.1) is 0 Å². The number of aliphatic carboxylic acids is 1. The number of rotatable bonds is 19. The van der Waals surface area contributed by atoms with Gasteiger partial charge in [0.15, 0.2) is 5.96 Å². The van der Waals surface area contributed by atoms with Crippen LogP contribution >= 0.6 is 23.5 Å². The molecule has 232 valence electrons. The van der Waals surface area contributed by atoms with Crippen molar-refractivity contribution in [1.82, 2.24) is 20.9 Å². The second-order valence-corrected chi connectivity index (χ2v) is 11.7. The molecule has 1 aromatic heterocycles. The minimum atomic E-state index is -1.17. The van der Waals surface area contributed by atoms with Gasteiger partial charge in [0.2, 0.25) is 17.7 Å². The van der Waals surface area contributed by atoms with Crippen LogP contribution in [-0.2, 0) is 25.6 Å². The average Bonchev–Trinajstić information content (AvgIpc) is 3.37. The smallest absolute Gasteiger partial charge is 0.326 e. The number of carbonyl (C=O) groups excluding carboxylic acids is 3. The number of amides is 3. The summed E-state index contributed by atoms with van der Waals surface area (Å²) in [4.78, 5) is 58.7. The summed E-state index contributed by atoms with van der Waals surface area (Å²) in [5, 5.41) is 18.5. The van der Waals surface area contributed by atoms with Crippen molar-refractivity contribution in [2.24, 2.45) is 22.2 Å². The van der Waals surface area contributed by atoms with Crippen molar-refractivity contribution >= 4 is 64.1 Å². The third-order valence-corrected chi connectivity index (χ3v) is 7.79. The Bertz CT molecular complexity index is 1220. The Balaban J connectivity index is 2.30. The third-order valence-electron chi connectivity index (χ3n) is 6.51. The van der Waals surface area contributed by atoms with E-state index in [1.165, 1.54) is 11.8 Å². The Morgan fingerprint density at radius 1 is 0.905 bits per heavy atom. The van der Waals surface area contributed by atoms with Gasteiger partial charge in [-0.1, -0.05) is 18.2 Å². The molecule has 0 aliphatic rings. The van der Waals surface area contributed by atoms with Crippen molar-refractivity contribution in [2.45, 2.75) is 56.3 Å². The van der Waals surface area contributed by atoms with E-state index in [0.29, 0.717) is 24.3 Å². The lowest BCUT2D eigenvalue weighted by atomic mass is 10.0. The number of nitrogens with two attached hydrogens (primary N) is 3. The minimum Gasteiger partial charge on any atom is -0.480 e. The van der Waals surface area contributed by atoms with Crippen LogP contribution < -0.4 is 33.2 Å². The summed E-state index contributed by atoms with van der Waals surface area (Å²) in [6.45, 7) is 0.205. The molecule has 4 atom stereocenters. The van der Waals surface area contributed by atoms with Gasteiger partial charge in [0.05, 0.1) is 6.04 Å². The molecule has 0 saturated heterocycles. The summed E-state index contributed by atoms with van der Waals surface area (Å²) < 4.78 is 0. The monoisotopic (exact) mass is 622 g/mol. The van der Waals surface area contributed by atoms with Crippen LogP contribution in [0.5, 0.6) is 0 Å². The second kappa shape index (κ2) is 18.2. The molecular weight excluding hydrogens is 580 g/mol. The minimum absolute atomic E-state index is 0.109. The number of guanidine groups is 1. The fourth-order valence-corrected chi connectivity index (χ4v) is 5.16. The molecule has 2 aromatic rings. The zero-order valence-electron chi connectivity index (χ0n) is 23.9. The van der Waals surface area contributed by atoms with E-state index in [2.05, 4.69) is 25.9 Å². The molecule has 0 bridgehead atoms. The quantitative estimate of drug-likeness (QED) is 0.0600. The third kappa shape index (κ3) is 11.4. The van der Waals surface area contributed by atoms with Crippen LogP contribution in [0.25, 0.3) is 10.9 Å². The largest absolute Gasteiger partial charge is 0.480 e. The van der Waals surface area contributed by atoms with E-state index in [9.17, 15) is 24.3 Å². The number of para-hydroxylation sites is 1. The number of nitrogens with one attached hydrogen (secondary N) is 4. The molecule has 4 unspecified atom stereocenters. The second-order valence-electron chi connectivity index (χ2n) is 9.70. The number of nitrogens with zero attached hydrogens (tertiary/aromatic N) is 1. The number of thioether (sulfide) groups is 2. The summed E-state index contributed by atoms with van der Waals surface area (Å²) in [6, 6.07) is 3.46. The number of carboxylic acid groups (broad SMARTS) is 1. The summed E-state index contributed by atoms with van der Waals surface area (Å²) in [5.74, 6) is -1.84. The van der Waals surface area contributed by atoms with E-state index < -0.39 is 47.9 Å². The van der Waals surface area contributed by atoms with Crippen LogP contribution in [0.15, 0.2) is 35.5 Å². The maximum Gasteiger partial charge on any atom is 0.326 e. The molecule has 0 aliphatic heterocycles. The van der Waals surface area contributed by atoms with Crippen molar-refractivity contribution in [2.75, 3.05) is 30.6 Å². The van der Waals surface area contributed by atoms with Gasteiger partial charge in [0.1, 0.15) is 18.1 Å². The van der Waals surface area contributed by atoms with Crippen LogP contribution in [-0.4, -0.2) is 94.5 Å². The van der Waals surface area contributed by atoms with Gasteiger partial charge in [-0.15, -0.1) is 0 Å². The van der Waals surface area contributed by atoms with Crippen LogP contribution in [0.3, 0.4) is 0 Å². The standard InChI is InChI=1S/C27H42N8O5S2/c1-41-12-9-18(28)23(36)35-22(14-16-15-32-19-7-4-3-6-17(16)19)25(38)33-20(8-5-11-31-27(29)30)24(37)34-21(26(39)40)10-13-42-2/h3-4,6-7,15,18,20-22,32H,5,8-14,28H2,1-2H3,(H,33,38)(H,34,37)(H,35,36)(H,39,40)(H4,29,30,31). The van der Waals surface area contributed by atoms with Gasteiger partial charge in [0, 0.05) is 30.1 Å². The first-order chi connectivity index (χ1) is 20.1. The van der Waals surface area contributed by atoms with Crippen molar-refractivity contribution in [1.29, 1.82) is 0 Å². The first-order valence-corrected chi connectivity index (χ1v) is 16.3. The van der Waals surface area contributed by atoms with Gasteiger partial charge >= 0.3 is 5.97 Å². The van der Waals surface area contributed by atoms with Crippen LogP contribution in [0.2, 0.25) is 0 Å². The van der Waals surface area contributed by atoms with Gasteiger partial charge in [-0.2, -0.15) is 23.5 Å². The first-order valence-electron chi connectivity index (χ1n) is 13.5. The first kappa shape index (κ1) is 34.8.